The molecule has 0 aromatic rings. The maximum absolute atomic E-state index is 2.83. The minimum Gasteiger partial charge on any atom is -1.00 e. The van der Waals surface area contributed by atoms with Gasteiger partial charge in [-0.05, 0) is 0 Å². The van der Waals surface area contributed by atoms with Crippen LogP contribution in [0.3, 0.4) is 0 Å². The molecular weight excluding hydrogens is 595 g/mol. The van der Waals surface area contributed by atoms with Crippen LogP contribution >= 0.6 is 0 Å². The summed E-state index contributed by atoms with van der Waals surface area (Å²) >= 11 is -1.55. The second kappa shape index (κ2) is 8.71. The van der Waals surface area contributed by atoms with Crippen LogP contribution in [0.5, 0.6) is 0 Å². The summed E-state index contributed by atoms with van der Waals surface area (Å²) in [5.41, 5.74) is 5.27. The number of allylic oxidation sites excluding steroid dienone is 16. The fourth-order valence-corrected chi connectivity index (χ4v) is 21.8. The maximum Gasteiger partial charge on any atom is -1.00 e. The van der Waals surface area contributed by atoms with Crippen LogP contribution in [0, 0.1) is 43.8 Å². The molecule has 1 aliphatic heterocycles. The monoisotopic (exact) mass is 637 g/mol. The summed E-state index contributed by atoms with van der Waals surface area (Å²) in [6.45, 7) is 21.5. The SMILES string of the molecule is CC1=CC=CC2[CH]([Zr+2]3[CH2][CH2]3)C3(C)C4(C)C(C5=CC=CC5)=CC=CC4(C)C4(C)C=CC=CC4(C)C3(C)C12C.[Cl-].[Cl-]. The molecule has 1 heterocycles. The number of hydrogen-bond acceptors (Lipinski definition) is 0. The molecule has 6 aliphatic carbocycles. The predicted molar refractivity (Wildman–Crippen MR) is 154 cm³/mol. The first-order valence-corrected chi connectivity index (χ1v) is 19.6. The van der Waals surface area contributed by atoms with Crippen LogP contribution in [0.2, 0.25) is 11.9 Å². The zero-order valence-electron chi connectivity index (χ0n) is 25.0. The summed E-state index contributed by atoms with van der Waals surface area (Å²) in [4.78, 5) is 0. The Labute approximate surface area is 258 Å². The second-order valence-corrected chi connectivity index (χ2v) is 21.9. The Bertz CT molecular complexity index is 1350. The van der Waals surface area contributed by atoms with Crippen molar-refractivity contribution in [3.8, 4) is 0 Å². The Balaban J connectivity index is 0.00000154. The normalized spacial score (nSPS) is 51.5. The predicted octanol–water partition coefficient (Wildman–Crippen LogP) is 3.96. The van der Waals surface area contributed by atoms with E-state index in [1.807, 2.05) is 0 Å². The minimum atomic E-state index is -1.55. The molecule has 3 fully saturated rings. The summed E-state index contributed by atoms with van der Waals surface area (Å²) in [5.74, 6) is 0.659. The average molecular weight is 640 g/mol. The van der Waals surface area contributed by atoms with E-state index in [4.69, 9.17) is 0 Å². The van der Waals surface area contributed by atoms with Gasteiger partial charge in [0, 0.05) is 0 Å². The van der Waals surface area contributed by atoms with Crippen molar-refractivity contribution >= 4 is 0 Å². The van der Waals surface area contributed by atoms with Gasteiger partial charge in [0.2, 0.25) is 0 Å². The molecule has 0 aromatic heterocycles. The Hall–Kier alpha value is -0.617. The summed E-state index contributed by atoms with van der Waals surface area (Å²) < 4.78 is 4.05. The van der Waals surface area contributed by atoms with Crippen molar-refractivity contribution in [2.45, 2.75) is 73.7 Å². The maximum atomic E-state index is 2.83. The van der Waals surface area contributed by atoms with Crippen molar-refractivity contribution in [1.82, 2.24) is 0 Å². The molecule has 1 saturated heterocycles. The van der Waals surface area contributed by atoms with Crippen molar-refractivity contribution in [2.75, 3.05) is 0 Å². The van der Waals surface area contributed by atoms with E-state index in [1.54, 1.807) is 25.0 Å². The first-order chi connectivity index (χ1) is 17.4. The van der Waals surface area contributed by atoms with Crippen LogP contribution in [0.25, 0.3) is 0 Å². The Morgan fingerprint density at radius 3 is 1.97 bits per heavy atom. The van der Waals surface area contributed by atoms with E-state index in [9.17, 15) is 0 Å². The van der Waals surface area contributed by atoms with Crippen molar-refractivity contribution in [3.63, 3.8) is 0 Å². The molecular formula is C36H45Cl2Zr. The summed E-state index contributed by atoms with van der Waals surface area (Å²) in [6, 6.07) is 0. The smallest absolute Gasteiger partial charge is 1.00 e. The van der Waals surface area contributed by atoms with E-state index >= 15 is 0 Å². The van der Waals surface area contributed by atoms with Crippen molar-refractivity contribution in [2.24, 2.45) is 43.8 Å². The molecule has 0 nitrogen and oxygen atoms in total. The second-order valence-electron chi connectivity index (χ2n) is 14.6. The van der Waals surface area contributed by atoms with Crippen molar-refractivity contribution in [1.29, 1.82) is 0 Å². The molecule has 0 N–H and O–H groups in total. The van der Waals surface area contributed by atoms with Crippen LogP contribution in [-0.4, -0.2) is 0 Å². The van der Waals surface area contributed by atoms with E-state index in [0.717, 1.165) is 10.0 Å². The van der Waals surface area contributed by atoms with Crippen LogP contribution < -0.4 is 24.8 Å². The summed E-state index contributed by atoms with van der Waals surface area (Å²) in [7, 11) is 0. The quantitative estimate of drug-likeness (QED) is 0.430. The van der Waals surface area contributed by atoms with Gasteiger partial charge in [-0.2, -0.15) is 0 Å². The molecule has 39 heavy (non-hydrogen) atoms. The van der Waals surface area contributed by atoms with Gasteiger partial charge in [-0.25, -0.2) is 0 Å². The van der Waals surface area contributed by atoms with Gasteiger partial charge in [-0.3, -0.25) is 0 Å². The van der Waals surface area contributed by atoms with Crippen LogP contribution in [0.15, 0.2) is 95.7 Å². The molecule has 9 atom stereocenters. The van der Waals surface area contributed by atoms with E-state index in [0.29, 0.717) is 5.92 Å². The molecule has 7 aliphatic rings. The number of rotatable bonds is 2. The Morgan fingerprint density at radius 1 is 0.718 bits per heavy atom. The molecule has 9 unspecified atom stereocenters. The third-order valence-corrected chi connectivity index (χ3v) is 21.9. The summed E-state index contributed by atoms with van der Waals surface area (Å²) in [6.07, 6.45) is 33.5. The molecule has 0 amide bonds. The first kappa shape index (κ1) is 29.9. The van der Waals surface area contributed by atoms with E-state index in [-0.39, 0.29) is 62.7 Å². The van der Waals surface area contributed by atoms with Gasteiger partial charge in [-0.15, -0.1) is 0 Å². The van der Waals surface area contributed by atoms with E-state index in [2.05, 4.69) is 134 Å². The van der Waals surface area contributed by atoms with Crippen molar-refractivity contribution in [3.05, 3.63) is 95.7 Å². The van der Waals surface area contributed by atoms with Gasteiger partial charge in [0.15, 0.2) is 0 Å². The third-order valence-electron chi connectivity index (χ3n) is 14.8. The largest absolute Gasteiger partial charge is 1.00 e. The van der Waals surface area contributed by atoms with E-state index < -0.39 is 21.8 Å². The third kappa shape index (κ3) is 2.75. The standard InChI is InChI=1S/C34H41.C2H4.2ClH.Zr/c1-24-15-13-18-26-23-31(5)33(7)27(25-16-9-10-17-25)19-14-22-29(33,3)28(2)20-11-12-21-30(28,4)34(31,8)32(24,26)6;1-2;;;/h9-16,18-23,26H,17H2,1-8H3;1-2H2;2*1H;/q;;;;+2/p-2. The fraction of sp³-hybridized carbons (Fsp3) is 0.556. The van der Waals surface area contributed by atoms with Gasteiger partial charge >= 0.3 is 235 Å². The number of fused-ring (bicyclic) bond motifs is 8. The van der Waals surface area contributed by atoms with Crippen LogP contribution in [0.4, 0.5) is 0 Å². The summed E-state index contributed by atoms with van der Waals surface area (Å²) in [5, 5.41) is 0. The van der Waals surface area contributed by atoms with Gasteiger partial charge < -0.3 is 24.8 Å². The van der Waals surface area contributed by atoms with Crippen LogP contribution in [0.1, 0.15) is 61.8 Å². The zero-order valence-corrected chi connectivity index (χ0v) is 29.0. The number of halogens is 2. The van der Waals surface area contributed by atoms with Gasteiger partial charge in [0.05, 0.1) is 0 Å². The Morgan fingerprint density at radius 2 is 1.36 bits per heavy atom. The van der Waals surface area contributed by atoms with Crippen molar-refractivity contribution < 1.29 is 46.6 Å². The molecule has 0 spiro atoms. The fourth-order valence-electron chi connectivity index (χ4n) is 12.0. The molecule has 2 saturated carbocycles. The molecule has 0 radical (unpaired) electrons. The first-order valence-electron chi connectivity index (χ1n) is 14.7. The topological polar surface area (TPSA) is 0 Å². The molecule has 0 aromatic carbocycles. The van der Waals surface area contributed by atoms with Crippen LogP contribution in [-0.2, 0) is 21.8 Å². The number of hydrogen-bond donors (Lipinski definition) is 0. The molecule has 207 valence electrons. The average Bonchev–Trinajstić information content (AvgIpc) is 3.51. The zero-order chi connectivity index (χ0) is 26.3. The Kier molecular flexibility index (Phi) is 6.67. The van der Waals surface area contributed by atoms with Gasteiger partial charge in [-0.1, -0.05) is 0 Å². The molecule has 7 rings (SSSR count). The van der Waals surface area contributed by atoms with Gasteiger partial charge in [0.25, 0.3) is 0 Å². The molecule has 0 bridgehead atoms. The minimum absolute atomic E-state index is 0. The molecule has 3 heteroatoms. The van der Waals surface area contributed by atoms with Gasteiger partial charge in [0.1, 0.15) is 0 Å². The van der Waals surface area contributed by atoms with E-state index in [1.165, 1.54) is 0 Å².